The van der Waals surface area contributed by atoms with Crippen LogP contribution in [0.2, 0.25) is 0 Å². The Kier molecular flexibility index (Phi) is 6.32. The van der Waals surface area contributed by atoms with Crippen LogP contribution in [0.3, 0.4) is 0 Å². The number of para-hydroxylation sites is 1. The van der Waals surface area contributed by atoms with Crippen LogP contribution >= 0.6 is 11.3 Å². The molecule has 0 bridgehead atoms. The predicted octanol–water partition coefficient (Wildman–Crippen LogP) is 5.86. The van der Waals surface area contributed by atoms with Crippen molar-refractivity contribution in [3.8, 4) is 22.8 Å². The zero-order valence-corrected chi connectivity index (χ0v) is 17.6. The number of nitrogens with zero attached hydrogens (tertiary/aromatic N) is 4. The fourth-order valence-corrected chi connectivity index (χ4v) is 3.54. The Hall–Kier alpha value is -4.64. The van der Waals surface area contributed by atoms with Crippen molar-refractivity contribution < 1.29 is 14.6 Å². The molecular formula is C22H15N5O5S. The summed E-state index contributed by atoms with van der Waals surface area (Å²) >= 11 is 1.40. The zero-order chi connectivity index (χ0) is 23.2. The average molecular weight is 461 g/mol. The standard InChI is InChI=1S/C22H15N5O5S/c28-26(29)17-10-11-21(19(12-17)27(30)31)32-20-9-5-4-8-16(20)13-23-25-22-24-18(14-33-22)15-6-2-1-3-7-15/h1-14H,(H,24,25). The van der Waals surface area contributed by atoms with Gasteiger partial charge in [0, 0.05) is 22.6 Å². The molecule has 0 aliphatic carbocycles. The Bertz CT molecular complexity index is 1340. The van der Waals surface area contributed by atoms with Crippen LogP contribution in [0.25, 0.3) is 11.3 Å². The smallest absolute Gasteiger partial charge is 0.318 e. The molecule has 1 heterocycles. The Morgan fingerprint density at radius 3 is 2.45 bits per heavy atom. The summed E-state index contributed by atoms with van der Waals surface area (Å²) in [5, 5.41) is 29.0. The molecule has 11 heteroatoms. The van der Waals surface area contributed by atoms with Crippen LogP contribution in [-0.4, -0.2) is 21.0 Å². The van der Waals surface area contributed by atoms with Crippen LogP contribution in [-0.2, 0) is 0 Å². The van der Waals surface area contributed by atoms with Gasteiger partial charge in [-0.25, -0.2) is 4.98 Å². The van der Waals surface area contributed by atoms with Crippen molar-refractivity contribution in [1.29, 1.82) is 0 Å². The molecule has 0 saturated carbocycles. The lowest BCUT2D eigenvalue weighted by atomic mass is 10.2. The minimum atomic E-state index is -0.729. The number of hydrogen-bond acceptors (Lipinski definition) is 9. The van der Waals surface area contributed by atoms with Crippen molar-refractivity contribution in [2.24, 2.45) is 5.10 Å². The van der Waals surface area contributed by atoms with Crippen molar-refractivity contribution in [2.75, 3.05) is 5.43 Å². The monoisotopic (exact) mass is 461 g/mol. The van der Waals surface area contributed by atoms with Crippen molar-refractivity contribution in [1.82, 2.24) is 4.98 Å². The van der Waals surface area contributed by atoms with E-state index < -0.39 is 21.2 Å². The summed E-state index contributed by atoms with van der Waals surface area (Å²) < 4.78 is 5.71. The number of ether oxygens (including phenoxy) is 1. The van der Waals surface area contributed by atoms with Gasteiger partial charge in [-0.15, -0.1) is 11.3 Å². The lowest BCUT2D eigenvalue weighted by Crippen LogP contribution is -1.98. The number of rotatable bonds is 8. The summed E-state index contributed by atoms with van der Waals surface area (Å²) in [6.07, 6.45) is 1.50. The van der Waals surface area contributed by atoms with E-state index in [4.69, 9.17) is 4.74 Å². The molecule has 10 nitrogen and oxygen atoms in total. The summed E-state index contributed by atoms with van der Waals surface area (Å²) in [5.41, 5.74) is 4.32. The SMILES string of the molecule is O=[N+]([O-])c1ccc(Oc2ccccc2C=NNc2nc(-c3ccccc3)cs2)c([N+](=O)[O-])c1. The molecule has 3 aromatic carbocycles. The number of nitro benzene ring substituents is 2. The molecule has 0 aliphatic heterocycles. The molecule has 0 atom stereocenters. The van der Waals surface area contributed by atoms with E-state index in [1.165, 1.54) is 23.6 Å². The van der Waals surface area contributed by atoms with Crippen LogP contribution in [0.15, 0.2) is 83.3 Å². The topological polar surface area (TPSA) is 133 Å². The summed E-state index contributed by atoms with van der Waals surface area (Å²) in [6.45, 7) is 0. The number of anilines is 1. The number of nitrogens with one attached hydrogen (secondary N) is 1. The number of benzene rings is 3. The fraction of sp³-hybridized carbons (Fsp3) is 0. The van der Waals surface area contributed by atoms with Crippen molar-refractivity contribution in [3.05, 3.63) is 104 Å². The van der Waals surface area contributed by atoms with Gasteiger partial charge in [-0.2, -0.15) is 5.10 Å². The third-order valence-corrected chi connectivity index (χ3v) is 5.17. The maximum absolute atomic E-state index is 11.4. The van der Waals surface area contributed by atoms with Gasteiger partial charge in [0.25, 0.3) is 5.69 Å². The molecule has 0 unspecified atom stereocenters. The summed E-state index contributed by atoms with van der Waals surface area (Å²) in [5.74, 6) is 0.177. The highest BCUT2D eigenvalue weighted by atomic mass is 32.1. The molecule has 0 amide bonds. The zero-order valence-electron chi connectivity index (χ0n) is 16.8. The largest absolute Gasteiger partial charge is 0.449 e. The first-order chi connectivity index (χ1) is 16.0. The maximum atomic E-state index is 11.4. The lowest BCUT2D eigenvalue weighted by molar-refractivity contribution is -0.394. The maximum Gasteiger partial charge on any atom is 0.318 e. The number of aromatic nitrogens is 1. The predicted molar refractivity (Wildman–Crippen MR) is 125 cm³/mol. The van der Waals surface area contributed by atoms with Gasteiger partial charge >= 0.3 is 5.69 Å². The first-order valence-corrected chi connectivity index (χ1v) is 10.4. The molecule has 1 aromatic heterocycles. The number of nitro groups is 2. The number of non-ortho nitro benzene ring substituents is 1. The quantitative estimate of drug-likeness (QED) is 0.197. The van der Waals surface area contributed by atoms with Crippen molar-refractivity contribution in [2.45, 2.75) is 0 Å². The Labute approximate surface area is 191 Å². The van der Waals surface area contributed by atoms with Gasteiger partial charge in [0.2, 0.25) is 10.9 Å². The third kappa shape index (κ3) is 5.17. The summed E-state index contributed by atoms with van der Waals surface area (Å²) in [6, 6.07) is 19.7. The molecular weight excluding hydrogens is 446 g/mol. The molecule has 0 aliphatic rings. The van der Waals surface area contributed by atoms with Crippen molar-refractivity contribution >= 4 is 34.1 Å². The van der Waals surface area contributed by atoms with E-state index in [0.717, 1.165) is 23.4 Å². The number of hydrazone groups is 1. The Morgan fingerprint density at radius 2 is 1.70 bits per heavy atom. The summed E-state index contributed by atoms with van der Waals surface area (Å²) in [4.78, 5) is 25.4. The molecule has 0 saturated heterocycles. The fourth-order valence-electron chi connectivity index (χ4n) is 2.87. The normalized spacial score (nSPS) is 10.8. The minimum absolute atomic E-state index is 0.119. The lowest BCUT2D eigenvalue weighted by Gasteiger charge is -2.08. The Morgan fingerprint density at radius 1 is 0.939 bits per heavy atom. The highest BCUT2D eigenvalue weighted by Crippen LogP contribution is 2.35. The van der Waals surface area contributed by atoms with E-state index in [1.54, 1.807) is 24.3 Å². The van der Waals surface area contributed by atoms with E-state index in [0.29, 0.717) is 16.4 Å². The molecule has 0 radical (unpaired) electrons. The molecule has 1 N–H and O–H groups in total. The first-order valence-electron chi connectivity index (χ1n) is 9.51. The van der Waals surface area contributed by atoms with E-state index in [1.807, 2.05) is 35.7 Å². The second-order valence-electron chi connectivity index (χ2n) is 6.58. The van der Waals surface area contributed by atoms with E-state index in [-0.39, 0.29) is 5.75 Å². The highest BCUT2D eigenvalue weighted by molar-refractivity contribution is 7.14. The van der Waals surface area contributed by atoms with Gasteiger partial charge < -0.3 is 4.74 Å². The van der Waals surface area contributed by atoms with Gasteiger partial charge in [0.05, 0.1) is 27.8 Å². The van der Waals surface area contributed by atoms with Gasteiger partial charge in [0.1, 0.15) is 5.75 Å². The van der Waals surface area contributed by atoms with Crippen LogP contribution in [0.5, 0.6) is 11.5 Å². The van der Waals surface area contributed by atoms with E-state index in [9.17, 15) is 20.2 Å². The van der Waals surface area contributed by atoms with Crippen LogP contribution < -0.4 is 10.2 Å². The average Bonchev–Trinajstić information content (AvgIpc) is 3.30. The highest BCUT2D eigenvalue weighted by Gasteiger charge is 2.21. The molecule has 33 heavy (non-hydrogen) atoms. The minimum Gasteiger partial charge on any atom is -0.449 e. The van der Waals surface area contributed by atoms with Gasteiger partial charge in [-0.3, -0.25) is 25.7 Å². The molecule has 164 valence electrons. The van der Waals surface area contributed by atoms with Crippen molar-refractivity contribution in [3.63, 3.8) is 0 Å². The molecule has 4 rings (SSSR count). The van der Waals surface area contributed by atoms with E-state index >= 15 is 0 Å². The summed E-state index contributed by atoms with van der Waals surface area (Å²) in [7, 11) is 0. The van der Waals surface area contributed by atoms with Gasteiger partial charge in [-0.1, -0.05) is 42.5 Å². The van der Waals surface area contributed by atoms with E-state index in [2.05, 4.69) is 15.5 Å². The van der Waals surface area contributed by atoms with Crippen LogP contribution in [0.4, 0.5) is 16.5 Å². The Balaban J connectivity index is 1.52. The third-order valence-electron chi connectivity index (χ3n) is 4.43. The number of hydrogen-bond donors (Lipinski definition) is 1. The van der Waals surface area contributed by atoms with Gasteiger partial charge in [-0.05, 0) is 18.2 Å². The van der Waals surface area contributed by atoms with Gasteiger partial charge in [0.15, 0.2) is 0 Å². The number of thiazole rings is 1. The molecule has 4 aromatic rings. The molecule has 0 fully saturated rings. The second-order valence-corrected chi connectivity index (χ2v) is 7.44. The molecule has 0 spiro atoms. The first kappa shape index (κ1) is 21.6. The second kappa shape index (κ2) is 9.66. The van der Waals surface area contributed by atoms with Crippen LogP contribution in [0.1, 0.15) is 5.56 Å². The van der Waals surface area contributed by atoms with Crippen LogP contribution in [0, 0.1) is 20.2 Å².